The van der Waals surface area contributed by atoms with E-state index in [1.807, 2.05) is 24.4 Å². The molecule has 3 heterocycles. The Morgan fingerprint density at radius 2 is 2.11 bits per heavy atom. The minimum atomic E-state index is -0.927. The number of nitrogens with zero attached hydrogens (tertiary/aromatic N) is 1. The molecule has 1 atom stereocenters. The van der Waals surface area contributed by atoms with Gasteiger partial charge in [0.2, 0.25) is 11.4 Å². The molecule has 1 aromatic rings. The predicted molar refractivity (Wildman–Crippen MR) is 68.3 cm³/mol. The van der Waals surface area contributed by atoms with E-state index < -0.39 is 11.4 Å². The normalized spacial score (nSPS) is 31.8. The molecule has 1 spiro atoms. The summed E-state index contributed by atoms with van der Waals surface area (Å²) in [6.45, 7) is 3.61. The molecule has 1 unspecified atom stereocenters. The molecule has 0 saturated carbocycles. The van der Waals surface area contributed by atoms with Gasteiger partial charge in [0.1, 0.15) is 0 Å². The molecule has 0 amide bonds. The van der Waals surface area contributed by atoms with Crippen LogP contribution in [0, 0.1) is 0 Å². The fourth-order valence-corrected chi connectivity index (χ4v) is 3.38. The lowest BCUT2D eigenvalue weighted by Gasteiger charge is -2.36. The van der Waals surface area contributed by atoms with Crippen molar-refractivity contribution in [1.29, 1.82) is 0 Å². The Labute approximate surface area is 110 Å². The highest BCUT2D eigenvalue weighted by Crippen LogP contribution is 2.45. The third kappa shape index (κ3) is 1.77. The van der Waals surface area contributed by atoms with E-state index in [9.17, 15) is 4.79 Å². The summed E-state index contributed by atoms with van der Waals surface area (Å²) in [6, 6.07) is 3.86. The number of carbonyl (C=O) groups excluding carboxylic acids is 1. The summed E-state index contributed by atoms with van der Waals surface area (Å²) in [5.74, 6) is -0.961. The van der Waals surface area contributed by atoms with Crippen molar-refractivity contribution in [2.45, 2.75) is 31.2 Å². The predicted octanol–water partition coefficient (Wildman–Crippen LogP) is 1.96. The van der Waals surface area contributed by atoms with Gasteiger partial charge in [0.15, 0.2) is 0 Å². The van der Waals surface area contributed by atoms with E-state index in [1.165, 1.54) is 11.3 Å². The fourth-order valence-electron chi connectivity index (χ4n) is 2.57. The van der Waals surface area contributed by atoms with Gasteiger partial charge in [0.05, 0.1) is 0 Å². The first-order valence-electron chi connectivity index (χ1n) is 6.20. The van der Waals surface area contributed by atoms with Crippen molar-refractivity contribution >= 4 is 17.3 Å². The fraction of sp³-hybridized carbons (Fsp3) is 0.615. The first-order valence-corrected chi connectivity index (χ1v) is 7.08. The van der Waals surface area contributed by atoms with Crippen LogP contribution >= 0.6 is 11.3 Å². The summed E-state index contributed by atoms with van der Waals surface area (Å²) in [5, 5.41) is 1.96. The molecule has 2 fully saturated rings. The molecule has 3 rings (SSSR count). The molecule has 0 radical (unpaired) electrons. The molecule has 5 heteroatoms. The van der Waals surface area contributed by atoms with E-state index in [1.54, 1.807) is 0 Å². The van der Waals surface area contributed by atoms with Gasteiger partial charge >= 0.3 is 5.97 Å². The van der Waals surface area contributed by atoms with E-state index >= 15 is 0 Å². The van der Waals surface area contributed by atoms with Crippen LogP contribution in [0.25, 0.3) is 0 Å². The second-order valence-electron chi connectivity index (χ2n) is 5.22. The Bertz CT molecular complexity index is 451. The highest BCUT2D eigenvalue weighted by atomic mass is 32.1. The molecule has 2 aliphatic rings. The Hall–Kier alpha value is -0.910. The van der Waals surface area contributed by atoms with Gasteiger partial charge in [-0.2, -0.15) is 0 Å². The molecule has 0 aromatic carbocycles. The molecule has 0 N–H and O–H groups in total. The maximum atomic E-state index is 12.2. The van der Waals surface area contributed by atoms with Crippen LogP contribution in [0.1, 0.15) is 24.6 Å². The number of carbonyl (C=O) groups is 1. The van der Waals surface area contributed by atoms with Crippen LogP contribution in [0.15, 0.2) is 17.5 Å². The second kappa shape index (κ2) is 4.05. The number of hydrogen-bond acceptors (Lipinski definition) is 5. The van der Waals surface area contributed by atoms with Gasteiger partial charge in [-0.15, -0.1) is 11.3 Å². The highest BCUT2D eigenvalue weighted by Gasteiger charge is 2.57. The van der Waals surface area contributed by atoms with E-state index in [-0.39, 0.29) is 5.97 Å². The van der Waals surface area contributed by atoms with Crippen molar-refractivity contribution in [2.24, 2.45) is 0 Å². The number of piperidine rings is 1. The number of likely N-dealkylation sites (tertiary alicyclic amines) is 1. The highest BCUT2D eigenvalue weighted by molar-refractivity contribution is 7.10. The zero-order chi connectivity index (χ0) is 12.8. The van der Waals surface area contributed by atoms with Crippen LogP contribution in [0.5, 0.6) is 0 Å². The summed E-state index contributed by atoms with van der Waals surface area (Å²) in [6.07, 6.45) is 1.49. The molecule has 4 nitrogen and oxygen atoms in total. The van der Waals surface area contributed by atoms with E-state index in [0.29, 0.717) is 0 Å². The van der Waals surface area contributed by atoms with Gasteiger partial charge in [-0.1, -0.05) is 6.07 Å². The molecule has 2 aliphatic heterocycles. The van der Waals surface area contributed by atoms with Crippen molar-refractivity contribution in [3.8, 4) is 0 Å². The van der Waals surface area contributed by atoms with E-state index in [0.717, 1.165) is 30.8 Å². The minimum Gasteiger partial charge on any atom is -0.430 e. The summed E-state index contributed by atoms with van der Waals surface area (Å²) < 4.78 is 11.7. The summed E-state index contributed by atoms with van der Waals surface area (Å²) >= 11 is 1.53. The number of ether oxygens (including phenoxy) is 2. The quantitative estimate of drug-likeness (QED) is 0.729. The molecule has 0 bridgehead atoms. The smallest absolute Gasteiger partial charge is 0.346 e. The van der Waals surface area contributed by atoms with Gasteiger partial charge in [-0.25, -0.2) is 4.79 Å². The maximum absolute atomic E-state index is 12.2. The third-order valence-electron chi connectivity index (χ3n) is 3.80. The lowest BCUT2D eigenvalue weighted by molar-refractivity contribution is -0.209. The van der Waals surface area contributed by atoms with Gasteiger partial charge in [0, 0.05) is 30.8 Å². The molecular formula is C13H17NO3S. The van der Waals surface area contributed by atoms with Crippen LogP contribution in [-0.2, 0) is 19.9 Å². The van der Waals surface area contributed by atoms with Crippen LogP contribution in [-0.4, -0.2) is 36.8 Å². The Morgan fingerprint density at radius 1 is 1.39 bits per heavy atom. The minimum absolute atomic E-state index is 0.255. The Balaban J connectivity index is 1.86. The lowest BCUT2D eigenvalue weighted by Crippen LogP contribution is -2.44. The monoisotopic (exact) mass is 267 g/mol. The molecule has 0 aliphatic carbocycles. The zero-order valence-electron chi connectivity index (χ0n) is 10.6. The van der Waals surface area contributed by atoms with Crippen molar-refractivity contribution in [3.63, 3.8) is 0 Å². The number of esters is 1. The average molecular weight is 267 g/mol. The molecule has 18 heavy (non-hydrogen) atoms. The number of rotatable bonds is 1. The van der Waals surface area contributed by atoms with E-state index in [4.69, 9.17) is 9.47 Å². The third-order valence-corrected chi connectivity index (χ3v) is 4.87. The maximum Gasteiger partial charge on any atom is 0.346 e. The summed E-state index contributed by atoms with van der Waals surface area (Å²) in [5.41, 5.74) is -0.927. The average Bonchev–Trinajstić information content (AvgIpc) is 2.93. The second-order valence-corrected chi connectivity index (χ2v) is 6.16. The van der Waals surface area contributed by atoms with E-state index in [2.05, 4.69) is 11.9 Å². The van der Waals surface area contributed by atoms with Crippen LogP contribution in [0.2, 0.25) is 0 Å². The zero-order valence-corrected chi connectivity index (χ0v) is 11.5. The van der Waals surface area contributed by atoms with Gasteiger partial charge in [-0.3, -0.25) is 0 Å². The lowest BCUT2D eigenvalue weighted by atomic mass is 10.0. The summed E-state index contributed by atoms with van der Waals surface area (Å²) in [4.78, 5) is 15.3. The first kappa shape index (κ1) is 12.1. The summed E-state index contributed by atoms with van der Waals surface area (Å²) in [7, 11) is 2.07. The molecular weight excluding hydrogens is 250 g/mol. The number of hydrogen-bond donors (Lipinski definition) is 0. The molecule has 1 aromatic heterocycles. The van der Waals surface area contributed by atoms with Crippen molar-refractivity contribution < 1.29 is 14.3 Å². The largest absolute Gasteiger partial charge is 0.430 e. The van der Waals surface area contributed by atoms with Gasteiger partial charge in [0.25, 0.3) is 0 Å². The standard InChI is InChI=1S/C13H17NO3S/c1-12(10-4-3-9-18-10)11(15)16-13(17-12)5-7-14(2)8-6-13/h3-4,9H,5-8H2,1-2H3. The van der Waals surface area contributed by atoms with Gasteiger partial charge < -0.3 is 14.4 Å². The Kier molecular flexibility index (Phi) is 2.73. The van der Waals surface area contributed by atoms with Crippen LogP contribution in [0.3, 0.4) is 0 Å². The van der Waals surface area contributed by atoms with Crippen LogP contribution in [0.4, 0.5) is 0 Å². The SMILES string of the molecule is CN1CCC2(CC1)OC(=O)C(C)(c1cccs1)O2. The first-order chi connectivity index (χ1) is 8.54. The van der Waals surface area contributed by atoms with Crippen LogP contribution < -0.4 is 0 Å². The topological polar surface area (TPSA) is 38.8 Å². The molecule has 2 saturated heterocycles. The van der Waals surface area contributed by atoms with Crippen molar-refractivity contribution in [2.75, 3.05) is 20.1 Å². The van der Waals surface area contributed by atoms with Gasteiger partial charge in [-0.05, 0) is 25.4 Å². The van der Waals surface area contributed by atoms with Crippen molar-refractivity contribution in [3.05, 3.63) is 22.4 Å². The van der Waals surface area contributed by atoms with Crippen molar-refractivity contribution in [1.82, 2.24) is 4.90 Å². The Morgan fingerprint density at radius 3 is 2.72 bits per heavy atom. The molecule has 98 valence electrons. The number of thiophene rings is 1.